The Morgan fingerprint density at radius 1 is 0.861 bits per heavy atom. The van der Waals surface area contributed by atoms with Crippen LogP contribution in [0.5, 0.6) is 0 Å². The number of benzene rings is 2. The van der Waals surface area contributed by atoms with Gasteiger partial charge in [-0.05, 0) is 50.3 Å². The van der Waals surface area contributed by atoms with E-state index in [0.717, 1.165) is 49.7 Å². The predicted molar refractivity (Wildman–Crippen MR) is 140 cm³/mol. The highest BCUT2D eigenvalue weighted by Gasteiger charge is 2.38. The summed E-state index contributed by atoms with van der Waals surface area (Å²) in [6, 6.07) is 15.4. The van der Waals surface area contributed by atoms with Crippen molar-refractivity contribution in [1.82, 2.24) is 14.9 Å². The average molecular weight is 512 g/mol. The van der Waals surface area contributed by atoms with Crippen LogP contribution < -0.4 is 10.6 Å². The third kappa shape index (κ3) is 6.53. The first kappa shape index (κ1) is 26.4. The first-order valence-electron chi connectivity index (χ1n) is 13.1. The fourth-order valence-corrected chi connectivity index (χ4v) is 6.88. The Hall–Kier alpha value is -2.71. The van der Waals surface area contributed by atoms with Crippen molar-refractivity contribution in [2.45, 2.75) is 81.8 Å². The fourth-order valence-electron chi connectivity index (χ4n) is 5.20. The van der Waals surface area contributed by atoms with Crippen LogP contribution in [0.1, 0.15) is 62.5 Å². The number of hydrogen-bond donors (Lipinski definition) is 2. The number of aryl methyl sites for hydroxylation is 1. The topological polar surface area (TPSA) is 95.6 Å². The van der Waals surface area contributed by atoms with E-state index in [9.17, 15) is 18.0 Å². The summed E-state index contributed by atoms with van der Waals surface area (Å²) in [5, 5.41) is 6.06. The molecule has 1 aliphatic carbocycles. The number of carbonyl (C=O) groups excluding carboxylic acids is 2. The lowest BCUT2D eigenvalue weighted by molar-refractivity contribution is -0.129. The molecule has 7 nitrogen and oxygen atoms in total. The second-order valence-electron chi connectivity index (χ2n) is 10.0. The summed E-state index contributed by atoms with van der Waals surface area (Å²) in [5.74, 6) is -0.444. The zero-order chi connectivity index (χ0) is 25.5. The maximum absolute atomic E-state index is 13.5. The molecule has 2 fully saturated rings. The molecule has 194 valence electrons. The van der Waals surface area contributed by atoms with E-state index in [1.807, 2.05) is 31.2 Å². The van der Waals surface area contributed by atoms with Crippen molar-refractivity contribution in [3.05, 3.63) is 65.7 Å². The SMILES string of the molecule is Cc1ccc(C[C@@H](NC(=O)C2CCCCC2)NC(=O)[C@@H]2CCCCN2S(=O)(=O)c2ccccc2)cc1. The Morgan fingerprint density at radius 2 is 1.50 bits per heavy atom. The van der Waals surface area contributed by atoms with Gasteiger partial charge in [-0.2, -0.15) is 4.31 Å². The Morgan fingerprint density at radius 3 is 2.19 bits per heavy atom. The lowest BCUT2D eigenvalue weighted by Gasteiger charge is -2.35. The van der Waals surface area contributed by atoms with Crippen molar-refractivity contribution in [1.29, 1.82) is 0 Å². The van der Waals surface area contributed by atoms with E-state index < -0.39 is 22.2 Å². The number of rotatable bonds is 8. The monoisotopic (exact) mass is 511 g/mol. The van der Waals surface area contributed by atoms with Crippen LogP contribution in [0, 0.1) is 12.8 Å². The van der Waals surface area contributed by atoms with Crippen molar-refractivity contribution in [2.24, 2.45) is 5.92 Å². The summed E-state index contributed by atoms with van der Waals surface area (Å²) in [4.78, 5) is 26.8. The summed E-state index contributed by atoms with van der Waals surface area (Å²) >= 11 is 0. The fraction of sp³-hybridized carbons (Fsp3) is 0.500. The van der Waals surface area contributed by atoms with Gasteiger partial charge in [0.25, 0.3) is 0 Å². The molecule has 8 heteroatoms. The quantitative estimate of drug-likeness (QED) is 0.525. The molecule has 2 amide bonds. The molecule has 0 radical (unpaired) electrons. The minimum Gasteiger partial charge on any atom is -0.335 e. The third-order valence-corrected chi connectivity index (χ3v) is 9.20. The van der Waals surface area contributed by atoms with Gasteiger partial charge in [0.15, 0.2) is 0 Å². The van der Waals surface area contributed by atoms with Crippen LogP contribution in [0.15, 0.2) is 59.5 Å². The molecule has 0 aromatic heterocycles. The van der Waals surface area contributed by atoms with Crippen molar-refractivity contribution in [3.63, 3.8) is 0 Å². The van der Waals surface area contributed by atoms with Gasteiger partial charge in [-0.15, -0.1) is 0 Å². The molecule has 2 aromatic carbocycles. The van der Waals surface area contributed by atoms with E-state index in [2.05, 4.69) is 10.6 Å². The van der Waals surface area contributed by atoms with Gasteiger partial charge in [-0.25, -0.2) is 8.42 Å². The van der Waals surface area contributed by atoms with Gasteiger partial charge in [0.2, 0.25) is 21.8 Å². The highest BCUT2D eigenvalue weighted by Crippen LogP contribution is 2.26. The van der Waals surface area contributed by atoms with E-state index in [1.54, 1.807) is 30.3 Å². The molecule has 0 bridgehead atoms. The van der Waals surface area contributed by atoms with Gasteiger partial charge < -0.3 is 10.6 Å². The third-order valence-electron chi connectivity index (χ3n) is 7.28. The second-order valence-corrected chi connectivity index (χ2v) is 11.9. The van der Waals surface area contributed by atoms with Crippen molar-refractivity contribution >= 4 is 21.8 Å². The van der Waals surface area contributed by atoms with Gasteiger partial charge in [0.05, 0.1) is 4.90 Å². The van der Waals surface area contributed by atoms with Gasteiger partial charge in [-0.3, -0.25) is 9.59 Å². The van der Waals surface area contributed by atoms with E-state index >= 15 is 0 Å². The van der Waals surface area contributed by atoms with E-state index in [1.165, 1.54) is 4.31 Å². The summed E-state index contributed by atoms with van der Waals surface area (Å²) in [5.41, 5.74) is 2.13. The molecule has 1 saturated carbocycles. The Bertz CT molecular complexity index is 1130. The summed E-state index contributed by atoms with van der Waals surface area (Å²) in [6.07, 6.45) is 6.72. The summed E-state index contributed by atoms with van der Waals surface area (Å²) < 4.78 is 28.1. The highest BCUT2D eigenvalue weighted by molar-refractivity contribution is 7.89. The largest absolute Gasteiger partial charge is 0.335 e. The Labute approximate surface area is 214 Å². The van der Waals surface area contributed by atoms with Crippen LogP contribution in [0.3, 0.4) is 0 Å². The Kier molecular flexibility index (Phi) is 8.80. The minimum atomic E-state index is -3.81. The van der Waals surface area contributed by atoms with Gasteiger partial charge in [0.1, 0.15) is 12.2 Å². The predicted octanol–water partition coefficient (Wildman–Crippen LogP) is 3.92. The lowest BCUT2D eigenvalue weighted by atomic mass is 9.88. The lowest BCUT2D eigenvalue weighted by Crippen LogP contribution is -2.58. The molecule has 2 N–H and O–H groups in total. The first-order valence-corrected chi connectivity index (χ1v) is 14.5. The molecule has 0 unspecified atom stereocenters. The second kappa shape index (κ2) is 12.0. The number of sulfonamides is 1. The highest BCUT2D eigenvalue weighted by atomic mass is 32.2. The first-order chi connectivity index (χ1) is 17.3. The van der Waals surface area contributed by atoms with E-state index in [4.69, 9.17) is 0 Å². The van der Waals surface area contributed by atoms with Crippen molar-refractivity contribution in [2.75, 3.05) is 6.54 Å². The molecule has 36 heavy (non-hydrogen) atoms. The average Bonchev–Trinajstić information content (AvgIpc) is 2.91. The van der Waals surface area contributed by atoms with Crippen LogP contribution in [-0.4, -0.2) is 43.3 Å². The van der Waals surface area contributed by atoms with E-state index in [0.29, 0.717) is 25.8 Å². The van der Waals surface area contributed by atoms with Crippen LogP contribution in [-0.2, 0) is 26.0 Å². The number of nitrogens with one attached hydrogen (secondary N) is 2. The zero-order valence-corrected chi connectivity index (χ0v) is 21.8. The standard InChI is InChI=1S/C28H37N3O4S/c1-21-15-17-22(18-16-21)20-26(29-27(32)23-10-4-2-5-11-23)30-28(33)25-14-8-9-19-31(25)36(34,35)24-12-6-3-7-13-24/h3,6-7,12-13,15-18,23,25-26H,2,4-5,8-11,14,19-20H2,1H3,(H,29,32)(H,30,33)/t25-,26-/m0/s1. The molecular formula is C28H37N3O4S. The smallest absolute Gasteiger partial charge is 0.243 e. The van der Waals surface area contributed by atoms with E-state index in [-0.39, 0.29) is 22.6 Å². The molecule has 2 atom stereocenters. The van der Waals surface area contributed by atoms with Crippen molar-refractivity contribution in [3.8, 4) is 0 Å². The number of hydrogen-bond acceptors (Lipinski definition) is 4. The van der Waals surface area contributed by atoms with Gasteiger partial charge in [-0.1, -0.05) is 73.7 Å². The molecule has 1 aliphatic heterocycles. The van der Waals surface area contributed by atoms with Crippen LogP contribution in [0.4, 0.5) is 0 Å². The zero-order valence-electron chi connectivity index (χ0n) is 21.0. The van der Waals surface area contributed by atoms with Crippen LogP contribution in [0.2, 0.25) is 0 Å². The van der Waals surface area contributed by atoms with Gasteiger partial charge in [0, 0.05) is 18.9 Å². The number of carbonyl (C=O) groups is 2. The Balaban J connectivity index is 1.52. The van der Waals surface area contributed by atoms with Crippen LogP contribution in [0.25, 0.3) is 0 Å². The maximum Gasteiger partial charge on any atom is 0.243 e. The van der Waals surface area contributed by atoms with Crippen LogP contribution >= 0.6 is 0 Å². The number of piperidine rings is 1. The number of nitrogens with zero attached hydrogens (tertiary/aromatic N) is 1. The maximum atomic E-state index is 13.5. The summed E-state index contributed by atoms with van der Waals surface area (Å²) in [6.45, 7) is 2.31. The molecule has 2 aromatic rings. The molecule has 1 heterocycles. The minimum absolute atomic E-state index is 0.0375. The molecular weight excluding hydrogens is 474 g/mol. The summed E-state index contributed by atoms with van der Waals surface area (Å²) in [7, 11) is -3.81. The molecule has 1 saturated heterocycles. The molecule has 4 rings (SSSR count). The number of amides is 2. The molecule has 0 spiro atoms. The van der Waals surface area contributed by atoms with Crippen molar-refractivity contribution < 1.29 is 18.0 Å². The molecule has 2 aliphatic rings. The van der Waals surface area contributed by atoms with Gasteiger partial charge >= 0.3 is 0 Å². The normalized spacial score (nSPS) is 20.4.